The predicted octanol–water partition coefficient (Wildman–Crippen LogP) is 2.88. The van der Waals surface area contributed by atoms with Crippen LogP contribution in [-0.4, -0.2) is 41.5 Å². The van der Waals surface area contributed by atoms with Crippen molar-refractivity contribution in [2.45, 2.75) is 45.1 Å². The van der Waals surface area contributed by atoms with Gasteiger partial charge in [0.05, 0.1) is 10.6 Å². The molecular formula is C19H26N4O3S. The second-order valence-electron chi connectivity index (χ2n) is 7.05. The summed E-state index contributed by atoms with van der Waals surface area (Å²) in [6.45, 7) is 7.70. The first-order valence-corrected chi connectivity index (χ1v) is 10.7. The average molecular weight is 391 g/mol. The van der Waals surface area contributed by atoms with E-state index in [0.29, 0.717) is 36.9 Å². The highest BCUT2D eigenvalue weighted by atomic mass is 32.2. The summed E-state index contributed by atoms with van der Waals surface area (Å²) in [7, 11) is -3.51. The topological polar surface area (TPSA) is 84.3 Å². The number of rotatable bonds is 5. The van der Waals surface area contributed by atoms with Crippen molar-refractivity contribution >= 4 is 21.7 Å². The molecule has 1 N–H and O–H groups in total. The van der Waals surface area contributed by atoms with Crippen molar-refractivity contribution in [3.8, 4) is 0 Å². The van der Waals surface area contributed by atoms with Gasteiger partial charge in [0.2, 0.25) is 10.0 Å². The highest BCUT2D eigenvalue weighted by Crippen LogP contribution is 2.24. The van der Waals surface area contributed by atoms with Gasteiger partial charge in [-0.15, -0.1) is 0 Å². The molecule has 7 nitrogen and oxygen atoms in total. The molecule has 1 aliphatic rings. The van der Waals surface area contributed by atoms with E-state index in [-0.39, 0.29) is 10.8 Å². The van der Waals surface area contributed by atoms with Gasteiger partial charge in [-0.3, -0.25) is 4.79 Å². The van der Waals surface area contributed by atoms with E-state index in [4.69, 9.17) is 0 Å². The zero-order valence-electron chi connectivity index (χ0n) is 16.0. The monoisotopic (exact) mass is 390 g/mol. The van der Waals surface area contributed by atoms with Crippen molar-refractivity contribution in [1.82, 2.24) is 14.1 Å². The number of piperidine rings is 1. The third-order valence-corrected chi connectivity index (χ3v) is 6.85. The highest BCUT2D eigenvalue weighted by Gasteiger charge is 2.28. The normalized spacial score (nSPS) is 16.4. The Labute approximate surface area is 160 Å². The first-order valence-electron chi connectivity index (χ1n) is 9.27. The zero-order chi connectivity index (χ0) is 19.6. The molecule has 2 heterocycles. The number of aromatic nitrogens is 2. The summed E-state index contributed by atoms with van der Waals surface area (Å²) in [5.41, 5.74) is 1.23. The van der Waals surface area contributed by atoms with E-state index in [0.717, 1.165) is 18.5 Å². The van der Waals surface area contributed by atoms with Gasteiger partial charge in [-0.05, 0) is 56.9 Å². The molecule has 3 rings (SSSR count). The van der Waals surface area contributed by atoms with Gasteiger partial charge in [-0.1, -0.05) is 6.92 Å². The minimum Gasteiger partial charge on any atom is -0.307 e. The molecule has 1 saturated heterocycles. The molecule has 1 aliphatic heterocycles. The molecule has 1 fully saturated rings. The van der Waals surface area contributed by atoms with Gasteiger partial charge in [0, 0.05) is 31.3 Å². The number of hydrogen-bond acceptors (Lipinski definition) is 4. The third kappa shape index (κ3) is 4.22. The summed E-state index contributed by atoms with van der Waals surface area (Å²) in [4.78, 5) is 12.7. The first-order chi connectivity index (χ1) is 12.8. The fourth-order valence-corrected chi connectivity index (χ4v) is 4.70. The Balaban J connectivity index is 1.73. The number of carbonyl (C=O) groups excluding carboxylic acids is 1. The maximum atomic E-state index is 12.8. The van der Waals surface area contributed by atoms with Crippen LogP contribution in [0.5, 0.6) is 0 Å². The van der Waals surface area contributed by atoms with Crippen LogP contribution in [0.3, 0.4) is 0 Å². The smallest absolute Gasteiger partial charge is 0.256 e. The molecule has 146 valence electrons. The molecule has 1 aromatic carbocycles. The molecule has 0 aliphatic carbocycles. The van der Waals surface area contributed by atoms with Crippen LogP contribution in [0.2, 0.25) is 0 Å². The van der Waals surface area contributed by atoms with Crippen LogP contribution in [0.15, 0.2) is 35.2 Å². The summed E-state index contributed by atoms with van der Waals surface area (Å²) in [5.74, 6) is 0.891. The summed E-state index contributed by atoms with van der Waals surface area (Å²) >= 11 is 0. The van der Waals surface area contributed by atoms with Crippen molar-refractivity contribution in [2.24, 2.45) is 5.92 Å². The molecule has 8 heteroatoms. The van der Waals surface area contributed by atoms with E-state index in [2.05, 4.69) is 17.3 Å². The Bertz CT molecular complexity index is 911. The van der Waals surface area contributed by atoms with Gasteiger partial charge in [-0.25, -0.2) is 13.1 Å². The van der Waals surface area contributed by atoms with Crippen LogP contribution in [0.4, 0.5) is 5.82 Å². The number of nitrogens with zero attached hydrogens (tertiary/aromatic N) is 3. The van der Waals surface area contributed by atoms with E-state index in [1.807, 2.05) is 13.8 Å². The minimum atomic E-state index is -3.51. The molecule has 0 spiro atoms. The Morgan fingerprint density at radius 1 is 1.22 bits per heavy atom. The second kappa shape index (κ2) is 7.82. The SMILES string of the molecule is CCn1nc(C)cc1NC(=O)c1ccc(S(=O)(=O)N2CCC(C)CC2)cc1. The van der Waals surface area contributed by atoms with Gasteiger partial charge >= 0.3 is 0 Å². The maximum Gasteiger partial charge on any atom is 0.256 e. The third-order valence-electron chi connectivity index (χ3n) is 4.94. The summed E-state index contributed by atoms with van der Waals surface area (Å²) in [5, 5.41) is 7.12. The summed E-state index contributed by atoms with van der Waals surface area (Å²) in [6.07, 6.45) is 1.76. The number of nitrogens with one attached hydrogen (secondary N) is 1. The molecule has 0 bridgehead atoms. The fraction of sp³-hybridized carbons (Fsp3) is 0.474. The van der Waals surface area contributed by atoms with E-state index in [1.54, 1.807) is 22.9 Å². The van der Waals surface area contributed by atoms with Gasteiger partial charge in [-0.2, -0.15) is 9.40 Å². The van der Waals surface area contributed by atoms with Crippen LogP contribution in [0, 0.1) is 12.8 Å². The molecule has 0 radical (unpaired) electrons. The standard InChI is InChI=1S/C19H26N4O3S/c1-4-23-18(13-15(3)21-23)20-19(24)16-5-7-17(8-6-16)27(25,26)22-11-9-14(2)10-12-22/h5-8,13-14H,4,9-12H2,1-3H3,(H,20,24). The molecule has 0 unspecified atom stereocenters. The number of benzene rings is 1. The lowest BCUT2D eigenvalue weighted by Crippen LogP contribution is -2.37. The molecule has 2 aromatic rings. The predicted molar refractivity (Wildman–Crippen MR) is 104 cm³/mol. The van der Waals surface area contributed by atoms with Crippen molar-refractivity contribution < 1.29 is 13.2 Å². The molecule has 0 saturated carbocycles. The van der Waals surface area contributed by atoms with Gasteiger partial charge in [0.15, 0.2) is 0 Å². The number of hydrogen-bond donors (Lipinski definition) is 1. The fourth-order valence-electron chi connectivity index (χ4n) is 3.23. The number of amides is 1. The lowest BCUT2D eigenvalue weighted by Gasteiger charge is -2.29. The number of anilines is 1. The van der Waals surface area contributed by atoms with E-state index in [9.17, 15) is 13.2 Å². The van der Waals surface area contributed by atoms with E-state index >= 15 is 0 Å². The van der Waals surface area contributed by atoms with Crippen molar-refractivity contribution in [3.05, 3.63) is 41.6 Å². The van der Waals surface area contributed by atoms with Crippen LogP contribution >= 0.6 is 0 Å². The Morgan fingerprint density at radius 3 is 2.44 bits per heavy atom. The lowest BCUT2D eigenvalue weighted by atomic mass is 10.0. The number of sulfonamides is 1. The zero-order valence-corrected chi connectivity index (χ0v) is 16.8. The van der Waals surface area contributed by atoms with Crippen molar-refractivity contribution in [3.63, 3.8) is 0 Å². The minimum absolute atomic E-state index is 0.225. The van der Waals surface area contributed by atoms with Gasteiger partial charge in [0.25, 0.3) is 5.91 Å². The quantitative estimate of drug-likeness (QED) is 0.851. The van der Waals surface area contributed by atoms with Crippen LogP contribution < -0.4 is 5.32 Å². The van der Waals surface area contributed by atoms with Crippen LogP contribution in [-0.2, 0) is 16.6 Å². The van der Waals surface area contributed by atoms with Crippen LogP contribution in [0.1, 0.15) is 42.7 Å². The van der Waals surface area contributed by atoms with Gasteiger partial charge in [0.1, 0.15) is 5.82 Å². The largest absolute Gasteiger partial charge is 0.307 e. The van der Waals surface area contributed by atoms with E-state index < -0.39 is 10.0 Å². The number of aryl methyl sites for hydroxylation is 2. The molecule has 1 aromatic heterocycles. The van der Waals surface area contributed by atoms with Crippen molar-refractivity contribution in [1.29, 1.82) is 0 Å². The maximum absolute atomic E-state index is 12.8. The highest BCUT2D eigenvalue weighted by molar-refractivity contribution is 7.89. The van der Waals surface area contributed by atoms with Crippen LogP contribution in [0.25, 0.3) is 0 Å². The second-order valence-corrected chi connectivity index (χ2v) is 8.99. The Morgan fingerprint density at radius 2 is 1.85 bits per heavy atom. The molecule has 1 amide bonds. The summed E-state index contributed by atoms with van der Waals surface area (Å²) < 4.78 is 28.8. The van der Waals surface area contributed by atoms with Gasteiger partial charge < -0.3 is 5.32 Å². The summed E-state index contributed by atoms with van der Waals surface area (Å²) in [6, 6.07) is 7.91. The number of carbonyl (C=O) groups is 1. The molecule has 0 atom stereocenters. The van der Waals surface area contributed by atoms with E-state index in [1.165, 1.54) is 16.4 Å². The lowest BCUT2D eigenvalue weighted by molar-refractivity contribution is 0.102. The first kappa shape index (κ1) is 19.6. The average Bonchev–Trinajstić information content (AvgIpc) is 3.01. The Hall–Kier alpha value is -2.19. The Kier molecular flexibility index (Phi) is 5.67. The molecule has 27 heavy (non-hydrogen) atoms. The molecular weight excluding hydrogens is 364 g/mol. The van der Waals surface area contributed by atoms with Crippen molar-refractivity contribution in [2.75, 3.05) is 18.4 Å².